The summed E-state index contributed by atoms with van der Waals surface area (Å²) in [5.74, 6) is 0. The zero-order valence-corrected chi connectivity index (χ0v) is 10.1. The first-order chi connectivity index (χ1) is 9.49. The molecule has 0 amide bonds. The molecule has 0 aromatic heterocycles. The zero-order chi connectivity index (χ0) is 14.8. The number of carbonyl (C=O) groups excluding carboxylic acids is 2. The van der Waals surface area contributed by atoms with Crippen molar-refractivity contribution >= 4 is 12.6 Å². The van der Waals surface area contributed by atoms with Crippen molar-refractivity contribution in [2.45, 2.75) is 6.18 Å². The minimum absolute atomic E-state index is 0.0684. The summed E-state index contributed by atoms with van der Waals surface area (Å²) >= 11 is 0. The van der Waals surface area contributed by atoms with Gasteiger partial charge in [-0.2, -0.15) is 13.2 Å². The molecule has 0 radical (unpaired) electrons. The number of benzene rings is 2. The summed E-state index contributed by atoms with van der Waals surface area (Å²) in [6.07, 6.45) is -4.41. The quantitative estimate of drug-likeness (QED) is 0.795. The van der Waals surface area contributed by atoms with Gasteiger partial charge in [-0.15, -0.1) is 0 Å². The van der Waals surface area contributed by atoms with Gasteiger partial charge in [0.05, 0.1) is 5.56 Å². The number of aldehydes is 2. The molecule has 0 fully saturated rings. The summed E-state index contributed by atoms with van der Waals surface area (Å²) in [6, 6.07) is 10.3. The lowest BCUT2D eigenvalue weighted by atomic mass is 9.92. The third kappa shape index (κ3) is 2.47. The van der Waals surface area contributed by atoms with E-state index < -0.39 is 17.3 Å². The second kappa shape index (κ2) is 5.28. The summed E-state index contributed by atoms with van der Waals surface area (Å²) in [7, 11) is 0. The highest BCUT2D eigenvalue weighted by Gasteiger charge is 2.37. The third-order valence-electron chi connectivity index (χ3n) is 2.89. The van der Waals surface area contributed by atoms with E-state index >= 15 is 0 Å². The van der Waals surface area contributed by atoms with Crippen molar-refractivity contribution in [2.75, 3.05) is 0 Å². The molecule has 2 aromatic rings. The highest BCUT2D eigenvalue weighted by atomic mass is 19.4. The fourth-order valence-electron chi connectivity index (χ4n) is 2.03. The average Bonchev–Trinajstić information content (AvgIpc) is 2.45. The smallest absolute Gasteiger partial charge is 0.298 e. The maximum Gasteiger partial charge on any atom is 0.417 e. The molecule has 0 aliphatic carbocycles. The molecule has 0 spiro atoms. The summed E-state index contributed by atoms with van der Waals surface area (Å²) in [4.78, 5) is 21.8. The molecule has 0 aliphatic rings. The molecular formula is C15H9F3O2. The molecule has 5 heteroatoms. The molecule has 102 valence electrons. The van der Waals surface area contributed by atoms with Crippen molar-refractivity contribution in [1.82, 2.24) is 0 Å². The van der Waals surface area contributed by atoms with E-state index in [9.17, 15) is 22.8 Å². The molecule has 2 nitrogen and oxygen atoms in total. The minimum Gasteiger partial charge on any atom is -0.298 e. The van der Waals surface area contributed by atoms with E-state index in [0.29, 0.717) is 5.56 Å². The fraction of sp³-hybridized carbons (Fsp3) is 0.0667. The molecule has 0 aliphatic heterocycles. The van der Waals surface area contributed by atoms with Crippen LogP contribution in [0.3, 0.4) is 0 Å². The summed E-state index contributed by atoms with van der Waals surface area (Å²) in [5.41, 5.74) is -1.77. The van der Waals surface area contributed by atoms with Crippen molar-refractivity contribution in [2.24, 2.45) is 0 Å². The van der Waals surface area contributed by atoms with Gasteiger partial charge in [-0.1, -0.05) is 42.5 Å². The van der Waals surface area contributed by atoms with Crippen LogP contribution < -0.4 is 0 Å². The molecule has 0 bridgehead atoms. The van der Waals surface area contributed by atoms with Crippen LogP contribution in [0.25, 0.3) is 11.1 Å². The maximum atomic E-state index is 13.2. The summed E-state index contributed by atoms with van der Waals surface area (Å²) < 4.78 is 39.7. The molecular weight excluding hydrogens is 269 g/mol. The Hall–Kier alpha value is -2.43. The lowest BCUT2D eigenvalue weighted by Crippen LogP contribution is -2.13. The molecule has 0 saturated carbocycles. The fourth-order valence-corrected chi connectivity index (χ4v) is 2.03. The molecule has 2 rings (SSSR count). The van der Waals surface area contributed by atoms with E-state index in [0.717, 1.165) is 0 Å². The van der Waals surface area contributed by atoms with E-state index in [1.807, 2.05) is 0 Å². The van der Waals surface area contributed by atoms with Gasteiger partial charge >= 0.3 is 6.18 Å². The van der Waals surface area contributed by atoms with Gasteiger partial charge in [-0.25, -0.2) is 0 Å². The van der Waals surface area contributed by atoms with E-state index in [-0.39, 0.29) is 23.7 Å². The molecule has 20 heavy (non-hydrogen) atoms. The van der Waals surface area contributed by atoms with Crippen molar-refractivity contribution in [3.05, 3.63) is 59.2 Å². The zero-order valence-electron chi connectivity index (χ0n) is 10.1. The Morgan fingerprint density at radius 3 is 2.00 bits per heavy atom. The topological polar surface area (TPSA) is 34.1 Å². The monoisotopic (exact) mass is 278 g/mol. The van der Waals surface area contributed by atoms with Crippen LogP contribution in [-0.4, -0.2) is 12.6 Å². The van der Waals surface area contributed by atoms with Gasteiger partial charge in [0.15, 0.2) is 12.6 Å². The van der Waals surface area contributed by atoms with E-state index in [1.165, 1.54) is 24.3 Å². The van der Waals surface area contributed by atoms with Gasteiger partial charge in [0.2, 0.25) is 0 Å². The van der Waals surface area contributed by atoms with Crippen LogP contribution in [0.1, 0.15) is 26.3 Å². The van der Waals surface area contributed by atoms with Gasteiger partial charge in [-0.05, 0) is 11.1 Å². The van der Waals surface area contributed by atoms with Gasteiger partial charge in [-0.3, -0.25) is 9.59 Å². The number of rotatable bonds is 3. The number of hydrogen-bond donors (Lipinski definition) is 0. The Labute approximate surface area is 112 Å². The Kier molecular flexibility index (Phi) is 3.70. The lowest BCUT2D eigenvalue weighted by Gasteiger charge is -2.16. The molecule has 0 atom stereocenters. The van der Waals surface area contributed by atoms with Crippen LogP contribution in [0, 0.1) is 0 Å². The first kappa shape index (κ1) is 14.0. The normalized spacial score (nSPS) is 11.2. The van der Waals surface area contributed by atoms with Gasteiger partial charge in [0.1, 0.15) is 0 Å². The van der Waals surface area contributed by atoms with Crippen LogP contribution in [0.15, 0.2) is 42.5 Å². The van der Waals surface area contributed by atoms with Crippen molar-refractivity contribution < 1.29 is 22.8 Å². The summed E-state index contributed by atoms with van der Waals surface area (Å²) in [5, 5.41) is 0. The van der Waals surface area contributed by atoms with E-state index in [2.05, 4.69) is 0 Å². The number of carbonyl (C=O) groups is 2. The highest BCUT2D eigenvalue weighted by Crippen LogP contribution is 2.39. The average molecular weight is 278 g/mol. The largest absolute Gasteiger partial charge is 0.417 e. The van der Waals surface area contributed by atoms with Crippen molar-refractivity contribution in [3.8, 4) is 11.1 Å². The first-order valence-electron chi connectivity index (χ1n) is 5.69. The first-order valence-corrected chi connectivity index (χ1v) is 5.69. The molecule has 0 heterocycles. The van der Waals surface area contributed by atoms with E-state index in [1.54, 1.807) is 18.2 Å². The number of hydrogen-bond acceptors (Lipinski definition) is 2. The van der Waals surface area contributed by atoms with Crippen LogP contribution in [0.5, 0.6) is 0 Å². The second-order valence-corrected chi connectivity index (χ2v) is 4.09. The SMILES string of the molecule is O=Cc1ccc(-c2ccccc2)c(C(F)(F)F)c1C=O. The van der Waals surface area contributed by atoms with Gasteiger partial charge in [0.25, 0.3) is 0 Å². The standard InChI is InChI=1S/C15H9F3O2/c16-15(17,18)14-12(10-4-2-1-3-5-10)7-6-11(8-19)13(14)9-20/h1-9H. The van der Waals surface area contributed by atoms with Crippen LogP contribution in [0.2, 0.25) is 0 Å². The molecule has 0 N–H and O–H groups in total. The predicted molar refractivity (Wildman–Crippen MR) is 67.7 cm³/mol. The predicted octanol–water partition coefficient (Wildman–Crippen LogP) is 4.00. The molecule has 0 unspecified atom stereocenters. The highest BCUT2D eigenvalue weighted by molar-refractivity contribution is 5.94. The summed E-state index contributed by atoms with van der Waals surface area (Å²) in [6.45, 7) is 0. The Morgan fingerprint density at radius 2 is 1.50 bits per heavy atom. The Bertz CT molecular complexity index is 646. The van der Waals surface area contributed by atoms with Gasteiger partial charge < -0.3 is 0 Å². The van der Waals surface area contributed by atoms with Crippen LogP contribution in [0.4, 0.5) is 13.2 Å². The molecule has 2 aromatic carbocycles. The third-order valence-corrected chi connectivity index (χ3v) is 2.89. The van der Waals surface area contributed by atoms with Crippen molar-refractivity contribution in [3.63, 3.8) is 0 Å². The Balaban J connectivity index is 2.82. The van der Waals surface area contributed by atoms with Gasteiger partial charge in [0, 0.05) is 11.1 Å². The lowest BCUT2D eigenvalue weighted by molar-refractivity contribution is -0.137. The van der Waals surface area contributed by atoms with Crippen LogP contribution in [-0.2, 0) is 6.18 Å². The minimum atomic E-state index is -4.72. The molecule has 0 saturated heterocycles. The van der Waals surface area contributed by atoms with E-state index in [4.69, 9.17) is 0 Å². The van der Waals surface area contributed by atoms with Crippen molar-refractivity contribution in [1.29, 1.82) is 0 Å². The Morgan fingerprint density at radius 1 is 0.850 bits per heavy atom. The maximum absolute atomic E-state index is 13.2. The number of alkyl halides is 3. The number of halogens is 3. The van der Waals surface area contributed by atoms with Crippen LogP contribution >= 0.6 is 0 Å². The second-order valence-electron chi connectivity index (χ2n) is 4.09.